The van der Waals surface area contributed by atoms with Crippen molar-refractivity contribution >= 4 is 21.4 Å². The number of ether oxygens (including phenoxy) is 1. The average Bonchev–Trinajstić information content (AvgIpc) is 2.68. The lowest BCUT2D eigenvalue weighted by Crippen LogP contribution is -2.26. The third kappa shape index (κ3) is 2.29. The molecular weight excluding hydrogens is 246 g/mol. The Morgan fingerprint density at radius 2 is 2.28 bits per heavy atom. The van der Waals surface area contributed by atoms with Gasteiger partial charge in [0.1, 0.15) is 0 Å². The van der Waals surface area contributed by atoms with E-state index in [9.17, 15) is 5.11 Å². The van der Waals surface area contributed by atoms with Crippen molar-refractivity contribution in [2.45, 2.75) is 6.10 Å². The van der Waals surface area contributed by atoms with Crippen molar-refractivity contribution in [2.24, 2.45) is 5.92 Å². The van der Waals surface area contributed by atoms with Crippen LogP contribution in [-0.4, -0.2) is 31.4 Å². The highest BCUT2D eigenvalue weighted by atomic mass is 32.1. The van der Waals surface area contributed by atoms with Gasteiger partial charge in [0.15, 0.2) is 0 Å². The first-order chi connectivity index (χ1) is 8.88. The predicted octanol–water partition coefficient (Wildman–Crippen LogP) is 2.17. The number of aliphatic hydroxyl groups is 1. The lowest BCUT2D eigenvalue weighted by molar-refractivity contribution is 0.0139. The molecule has 96 valence electrons. The molecule has 2 N–H and O–H groups in total. The van der Waals surface area contributed by atoms with E-state index < -0.39 is 0 Å². The van der Waals surface area contributed by atoms with Gasteiger partial charge in [0, 0.05) is 35.2 Å². The summed E-state index contributed by atoms with van der Waals surface area (Å²) in [5.74, 6) is 0.139. The second kappa shape index (κ2) is 5.36. The van der Waals surface area contributed by atoms with Crippen molar-refractivity contribution in [1.82, 2.24) is 5.32 Å². The fourth-order valence-corrected chi connectivity index (χ4v) is 3.61. The molecule has 2 aromatic rings. The Kier molecular flexibility index (Phi) is 3.61. The first-order valence-electron chi connectivity index (χ1n) is 6.30. The van der Waals surface area contributed by atoms with E-state index in [2.05, 4.69) is 35.6 Å². The number of nitrogens with one attached hydrogen (secondary N) is 1. The normalized spacial score (nSPS) is 25.2. The summed E-state index contributed by atoms with van der Waals surface area (Å²) in [4.78, 5) is 1.22. The van der Waals surface area contributed by atoms with Gasteiger partial charge in [-0.25, -0.2) is 0 Å². The molecule has 18 heavy (non-hydrogen) atoms. The van der Waals surface area contributed by atoms with Gasteiger partial charge in [-0.15, -0.1) is 11.3 Å². The molecule has 0 spiro atoms. The highest BCUT2D eigenvalue weighted by Crippen LogP contribution is 2.35. The molecule has 1 saturated heterocycles. The summed E-state index contributed by atoms with van der Waals surface area (Å²) < 4.78 is 7.19. The third-order valence-electron chi connectivity index (χ3n) is 3.37. The van der Waals surface area contributed by atoms with Gasteiger partial charge < -0.3 is 15.2 Å². The molecular formula is C14H17NO2S. The second-order valence-electron chi connectivity index (χ2n) is 4.62. The van der Waals surface area contributed by atoms with Crippen LogP contribution in [0.2, 0.25) is 0 Å². The Hall–Kier alpha value is -0.940. The predicted molar refractivity (Wildman–Crippen MR) is 74.0 cm³/mol. The largest absolute Gasteiger partial charge is 0.396 e. The molecule has 0 aliphatic carbocycles. The number of fused-ring (bicyclic) bond motifs is 1. The standard InChI is InChI=1S/C14H17NO2S/c16-9-11-8-15-5-6-17-14(11)13-7-10-3-1-2-4-12(10)18-13/h1-4,7,11,14-16H,5-6,8-9H2/t11-,14+/m1/s1. The van der Waals surface area contributed by atoms with Crippen LogP contribution in [0.25, 0.3) is 10.1 Å². The maximum Gasteiger partial charge on any atom is 0.0979 e. The Morgan fingerprint density at radius 3 is 3.11 bits per heavy atom. The minimum atomic E-state index is 0.0161. The Labute approximate surface area is 110 Å². The maximum atomic E-state index is 9.51. The minimum Gasteiger partial charge on any atom is -0.396 e. The van der Waals surface area contributed by atoms with Crippen LogP contribution < -0.4 is 5.32 Å². The first-order valence-corrected chi connectivity index (χ1v) is 7.12. The van der Waals surface area contributed by atoms with Gasteiger partial charge in [-0.05, 0) is 17.5 Å². The van der Waals surface area contributed by atoms with E-state index in [-0.39, 0.29) is 18.6 Å². The second-order valence-corrected chi connectivity index (χ2v) is 5.74. The monoisotopic (exact) mass is 263 g/mol. The molecule has 1 aromatic carbocycles. The first kappa shape index (κ1) is 12.1. The fourth-order valence-electron chi connectivity index (χ4n) is 2.41. The summed E-state index contributed by atoms with van der Waals surface area (Å²) in [6.07, 6.45) is 0.0161. The summed E-state index contributed by atoms with van der Waals surface area (Å²) in [7, 11) is 0. The van der Waals surface area contributed by atoms with E-state index >= 15 is 0 Å². The number of hydrogen-bond donors (Lipinski definition) is 2. The Morgan fingerprint density at radius 1 is 1.39 bits per heavy atom. The van der Waals surface area contributed by atoms with Gasteiger partial charge in [-0.1, -0.05) is 18.2 Å². The molecule has 3 rings (SSSR count). The lowest BCUT2D eigenvalue weighted by atomic mass is 10.0. The van der Waals surface area contributed by atoms with Crippen molar-refractivity contribution in [3.63, 3.8) is 0 Å². The molecule has 1 aliphatic heterocycles. The van der Waals surface area contributed by atoms with E-state index in [4.69, 9.17) is 4.74 Å². The van der Waals surface area contributed by atoms with Crippen LogP contribution in [0.5, 0.6) is 0 Å². The molecule has 0 unspecified atom stereocenters. The zero-order valence-electron chi connectivity index (χ0n) is 10.1. The zero-order chi connectivity index (χ0) is 12.4. The topological polar surface area (TPSA) is 41.5 Å². The maximum absolute atomic E-state index is 9.51. The summed E-state index contributed by atoms with van der Waals surface area (Å²) in [6.45, 7) is 2.54. The van der Waals surface area contributed by atoms with E-state index in [1.807, 2.05) is 0 Å². The Balaban J connectivity index is 1.95. The van der Waals surface area contributed by atoms with Crippen LogP contribution in [0, 0.1) is 5.92 Å². The molecule has 2 atom stereocenters. The van der Waals surface area contributed by atoms with Crippen LogP contribution in [0.4, 0.5) is 0 Å². The smallest absolute Gasteiger partial charge is 0.0979 e. The zero-order valence-corrected chi connectivity index (χ0v) is 11.0. The number of hydrogen-bond acceptors (Lipinski definition) is 4. The van der Waals surface area contributed by atoms with Gasteiger partial charge in [0.05, 0.1) is 12.7 Å². The summed E-state index contributed by atoms with van der Waals surface area (Å²) in [5, 5.41) is 14.1. The SMILES string of the molecule is OC[C@H]1CNCCO[C@@H]1c1cc2ccccc2s1. The molecule has 0 saturated carbocycles. The van der Waals surface area contributed by atoms with E-state index in [1.165, 1.54) is 15.0 Å². The van der Waals surface area contributed by atoms with Gasteiger partial charge in [0.2, 0.25) is 0 Å². The average molecular weight is 263 g/mol. The molecule has 1 fully saturated rings. The third-order valence-corrected chi connectivity index (χ3v) is 4.55. The van der Waals surface area contributed by atoms with E-state index in [0.29, 0.717) is 6.61 Å². The van der Waals surface area contributed by atoms with Crippen LogP contribution in [-0.2, 0) is 4.74 Å². The van der Waals surface area contributed by atoms with Gasteiger partial charge >= 0.3 is 0 Å². The van der Waals surface area contributed by atoms with Crippen LogP contribution >= 0.6 is 11.3 Å². The van der Waals surface area contributed by atoms with Crippen molar-refractivity contribution in [1.29, 1.82) is 0 Å². The van der Waals surface area contributed by atoms with E-state index in [0.717, 1.165) is 13.1 Å². The van der Waals surface area contributed by atoms with Crippen LogP contribution in [0.1, 0.15) is 11.0 Å². The molecule has 4 heteroatoms. The van der Waals surface area contributed by atoms with Crippen LogP contribution in [0.15, 0.2) is 30.3 Å². The fraction of sp³-hybridized carbons (Fsp3) is 0.429. The molecule has 0 bridgehead atoms. The van der Waals surface area contributed by atoms with Gasteiger partial charge in [-0.3, -0.25) is 0 Å². The van der Waals surface area contributed by atoms with Crippen molar-refractivity contribution < 1.29 is 9.84 Å². The quantitative estimate of drug-likeness (QED) is 0.872. The molecule has 3 nitrogen and oxygen atoms in total. The molecule has 1 aliphatic rings. The number of aliphatic hydroxyl groups excluding tert-OH is 1. The van der Waals surface area contributed by atoms with Crippen LogP contribution in [0.3, 0.4) is 0 Å². The number of rotatable bonds is 2. The summed E-state index contributed by atoms with van der Waals surface area (Å²) in [6, 6.07) is 10.6. The lowest BCUT2D eigenvalue weighted by Gasteiger charge is -2.21. The summed E-state index contributed by atoms with van der Waals surface area (Å²) >= 11 is 1.77. The van der Waals surface area contributed by atoms with Crippen molar-refractivity contribution in [3.8, 4) is 0 Å². The van der Waals surface area contributed by atoms with Gasteiger partial charge in [0.25, 0.3) is 0 Å². The molecule has 1 aromatic heterocycles. The molecule has 2 heterocycles. The number of benzene rings is 1. The number of thiophene rings is 1. The van der Waals surface area contributed by atoms with Gasteiger partial charge in [-0.2, -0.15) is 0 Å². The molecule has 0 radical (unpaired) electrons. The van der Waals surface area contributed by atoms with Crippen molar-refractivity contribution in [3.05, 3.63) is 35.2 Å². The highest BCUT2D eigenvalue weighted by Gasteiger charge is 2.26. The van der Waals surface area contributed by atoms with E-state index in [1.54, 1.807) is 11.3 Å². The Bertz CT molecular complexity index is 492. The highest BCUT2D eigenvalue weighted by molar-refractivity contribution is 7.19. The molecule has 0 amide bonds. The summed E-state index contributed by atoms with van der Waals surface area (Å²) in [5.41, 5.74) is 0. The minimum absolute atomic E-state index is 0.0161. The van der Waals surface area contributed by atoms with Crippen molar-refractivity contribution in [2.75, 3.05) is 26.3 Å².